The number of anilines is 1. The van der Waals surface area contributed by atoms with Crippen molar-refractivity contribution in [2.45, 2.75) is 57.3 Å². The number of halogens is 3. The number of alkyl halides is 3. The molecule has 1 amide bonds. The first-order chi connectivity index (χ1) is 11.4. The van der Waals surface area contributed by atoms with Gasteiger partial charge in [-0.3, -0.25) is 4.79 Å². The van der Waals surface area contributed by atoms with Crippen molar-refractivity contribution in [3.05, 3.63) is 18.0 Å². The first-order valence-corrected chi connectivity index (χ1v) is 8.38. The molecule has 3 heterocycles. The molecule has 2 aliphatic heterocycles. The second kappa shape index (κ2) is 6.57. The third-order valence-electron chi connectivity index (χ3n) is 4.86. The predicted molar refractivity (Wildman–Crippen MR) is 82.4 cm³/mol. The Hall–Kier alpha value is -1.86. The van der Waals surface area contributed by atoms with E-state index in [1.165, 1.54) is 0 Å². The Balaban J connectivity index is 1.85. The SMILES string of the molecule is CCC(=O)N1CCC[C@H]1[C@@H]1CCCN1c1nccc(C(F)(F)F)n1. The van der Waals surface area contributed by atoms with Crippen LogP contribution in [0.5, 0.6) is 0 Å². The number of carbonyl (C=O) groups is 1. The molecule has 24 heavy (non-hydrogen) atoms. The zero-order valence-corrected chi connectivity index (χ0v) is 13.6. The van der Waals surface area contributed by atoms with E-state index in [4.69, 9.17) is 0 Å². The lowest BCUT2D eigenvalue weighted by Crippen LogP contribution is -2.48. The summed E-state index contributed by atoms with van der Waals surface area (Å²) in [6.45, 7) is 3.18. The Labute approximate surface area is 138 Å². The van der Waals surface area contributed by atoms with Crippen molar-refractivity contribution < 1.29 is 18.0 Å². The highest BCUT2D eigenvalue weighted by atomic mass is 19.4. The van der Waals surface area contributed by atoms with Gasteiger partial charge >= 0.3 is 6.18 Å². The smallest absolute Gasteiger partial charge is 0.338 e. The van der Waals surface area contributed by atoms with Gasteiger partial charge in [-0.2, -0.15) is 13.2 Å². The molecule has 2 saturated heterocycles. The summed E-state index contributed by atoms with van der Waals surface area (Å²) >= 11 is 0. The van der Waals surface area contributed by atoms with Crippen molar-refractivity contribution in [2.24, 2.45) is 0 Å². The van der Waals surface area contributed by atoms with Gasteiger partial charge in [0.25, 0.3) is 0 Å². The summed E-state index contributed by atoms with van der Waals surface area (Å²) in [6.07, 6.45) is 0.653. The minimum Gasteiger partial charge on any atom is -0.338 e. The third kappa shape index (κ3) is 3.18. The summed E-state index contributed by atoms with van der Waals surface area (Å²) < 4.78 is 38.7. The number of hydrogen-bond acceptors (Lipinski definition) is 4. The van der Waals surface area contributed by atoms with Crippen molar-refractivity contribution in [2.75, 3.05) is 18.0 Å². The fourth-order valence-corrected chi connectivity index (χ4v) is 3.79. The second-order valence-corrected chi connectivity index (χ2v) is 6.29. The largest absolute Gasteiger partial charge is 0.433 e. The minimum atomic E-state index is -4.48. The van der Waals surface area contributed by atoms with Crippen LogP contribution in [0.1, 0.15) is 44.7 Å². The predicted octanol–water partition coefficient (Wildman–Crippen LogP) is 2.87. The molecule has 0 radical (unpaired) electrons. The number of aromatic nitrogens is 2. The fraction of sp³-hybridized carbons (Fsp3) is 0.688. The zero-order valence-electron chi connectivity index (χ0n) is 13.6. The van der Waals surface area contributed by atoms with Gasteiger partial charge in [0.05, 0.1) is 12.1 Å². The highest BCUT2D eigenvalue weighted by Crippen LogP contribution is 2.34. The molecule has 0 saturated carbocycles. The molecule has 1 aromatic rings. The molecule has 0 bridgehead atoms. The van der Waals surface area contributed by atoms with Gasteiger partial charge in [-0.1, -0.05) is 6.92 Å². The van der Waals surface area contributed by atoms with Gasteiger partial charge in [0.15, 0.2) is 0 Å². The van der Waals surface area contributed by atoms with Gasteiger partial charge in [0.1, 0.15) is 5.69 Å². The summed E-state index contributed by atoms with van der Waals surface area (Å²) in [5.41, 5.74) is -0.925. The van der Waals surface area contributed by atoms with Crippen LogP contribution in [0.15, 0.2) is 12.3 Å². The third-order valence-corrected chi connectivity index (χ3v) is 4.86. The molecule has 5 nitrogen and oxygen atoms in total. The van der Waals surface area contributed by atoms with E-state index in [1.807, 2.05) is 16.7 Å². The van der Waals surface area contributed by atoms with E-state index in [-0.39, 0.29) is 23.9 Å². The maximum absolute atomic E-state index is 12.9. The van der Waals surface area contributed by atoms with Crippen LogP contribution in [0.4, 0.5) is 19.1 Å². The molecule has 2 atom stereocenters. The Kier molecular flexibility index (Phi) is 4.64. The van der Waals surface area contributed by atoms with Crippen LogP contribution in [-0.2, 0) is 11.0 Å². The lowest BCUT2D eigenvalue weighted by atomic mass is 10.0. The van der Waals surface area contributed by atoms with Gasteiger partial charge < -0.3 is 9.80 Å². The van der Waals surface area contributed by atoms with Gasteiger partial charge in [0, 0.05) is 25.7 Å². The molecular formula is C16H21F3N4O. The van der Waals surface area contributed by atoms with E-state index in [1.54, 1.807) is 0 Å². The number of amides is 1. The summed E-state index contributed by atoms with van der Waals surface area (Å²) in [5.74, 6) is 0.220. The average Bonchev–Trinajstić information content (AvgIpc) is 3.21. The molecule has 0 spiro atoms. The minimum absolute atomic E-state index is 0.00789. The number of likely N-dealkylation sites (tertiary alicyclic amines) is 1. The summed E-state index contributed by atoms with van der Waals surface area (Å²) in [5, 5.41) is 0. The molecule has 132 valence electrons. The molecule has 2 aliphatic rings. The number of carbonyl (C=O) groups excluding carboxylic acids is 1. The fourth-order valence-electron chi connectivity index (χ4n) is 3.79. The van der Waals surface area contributed by atoms with Crippen LogP contribution in [0.25, 0.3) is 0 Å². The first kappa shape index (κ1) is 17.0. The monoisotopic (exact) mass is 342 g/mol. The lowest BCUT2D eigenvalue weighted by Gasteiger charge is -2.35. The molecule has 1 aromatic heterocycles. The highest BCUT2D eigenvalue weighted by Gasteiger charge is 2.41. The normalized spacial score (nSPS) is 24.7. The van der Waals surface area contributed by atoms with Crippen molar-refractivity contribution in [1.82, 2.24) is 14.9 Å². The van der Waals surface area contributed by atoms with E-state index in [2.05, 4.69) is 9.97 Å². The maximum Gasteiger partial charge on any atom is 0.433 e. The lowest BCUT2D eigenvalue weighted by molar-refractivity contribution is -0.141. The van der Waals surface area contributed by atoms with Crippen molar-refractivity contribution >= 4 is 11.9 Å². The maximum atomic E-state index is 12.9. The van der Waals surface area contributed by atoms with Gasteiger partial charge in [-0.15, -0.1) is 0 Å². The number of rotatable bonds is 3. The zero-order chi connectivity index (χ0) is 17.3. The first-order valence-electron chi connectivity index (χ1n) is 8.38. The van der Waals surface area contributed by atoms with Crippen LogP contribution >= 0.6 is 0 Å². The van der Waals surface area contributed by atoms with E-state index < -0.39 is 11.9 Å². The van der Waals surface area contributed by atoms with E-state index in [9.17, 15) is 18.0 Å². The molecule has 0 unspecified atom stereocenters. The number of nitrogens with zero attached hydrogens (tertiary/aromatic N) is 4. The van der Waals surface area contributed by atoms with E-state index >= 15 is 0 Å². The van der Waals surface area contributed by atoms with Crippen molar-refractivity contribution in [1.29, 1.82) is 0 Å². The Morgan fingerprint density at radius 1 is 1.25 bits per heavy atom. The average molecular weight is 342 g/mol. The van der Waals surface area contributed by atoms with Gasteiger partial charge in [-0.25, -0.2) is 9.97 Å². The van der Waals surface area contributed by atoms with E-state index in [0.29, 0.717) is 13.0 Å². The van der Waals surface area contributed by atoms with Crippen molar-refractivity contribution in [3.8, 4) is 0 Å². The Morgan fingerprint density at radius 2 is 1.96 bits per heavy atom. The van der Waals surface area contributed by atoms with E-state index in [0.717, 1.165) is 44.5 Å². The summed E-state index contributed by atoms with van der Waals surface area (Å²) in [4.78, 5) is 23.7. The topological polar surface area (TPSA) is 49.3 Å². The molecular weight excluding hydrogens is 321 g/mol. The van der Waals surface area contributed by atoms with Gasteiger partial charge in [0.2, 0.25) is 11.9 Å². The number of hydrogen-bond donors (Lipinski definition) is 0. The molecule has 0 N–H and O–H groups in total. The quantitative estimate of drug-likeness (QED) is 0.848. The summed E-state index contributed by atoms with van der Waals surface area (Å²) in [6, 6.07) is 0.918. The van der Waals surface area contributed by atoms with Gasteiger partial charge in [-0.05, 0) is 31.7 Å². The Morgan fingerprint density at radius 3 is 2.67 bits per heavy atom. The van der Waals surface area contributed by atoms with Crippen LogP contribution < -0.4 is 4.90 Å². The molecule has 0 aromatic carbocycles. The van der Waals surface area contributed by atoms with Crippen LogP contribution in [-0.4, -0.2) is 45.9 Å². The van der Waals surface area contributed by atoms with Crippen LogP contribution in [0, 0.1) is 0 Å². The van der Waals surface area contributed by atoms with Crippen LogP contribution in [0.2, 0.25) is 0 Å². The highest BCUT2D eigenvalue weighted by molar-refractivity contribution is 5.76. The molecule has 0 aliphatic carbocycles. The standard InChI is InChI=1S/C16H21F3N4O/c1-2-14(24)22-9-3-5-11(22)12-6-4-10-23(12)15-20-8-7-13(21-15)16(17,18)19/h7-8,11-12H,2-6,9-10H2,1H3/t11-,12-/m0/s1. The second-order valence-electron chi connectivity index (χ2n) is 6.29. The molecule has 8 heteroatoms. The molecule has 2 fully saturated rings. The Bertz CT molecular complexity index is 607. The molecule has 3 rings (SSSR count). The summed E-state index contributed by atoms with van der Waals surface area (Å²) in [7, 11) is 0. The van der Waals surface area contributed by atoms with Crippen molar-refractivity contribution in [3.63, 3.8) is 0 Å². The van der Waals surface area contributed by atoms with Crippen LogP contribution in [0.3, 0.4) is 0 Å².